The molecule has 5 heteroatoms. The Bertz CT molecular complexity index is 376. The van der Waals surface area contributed by atoms with Crippen LogP contribution in [0.25, 0.3) is 0 Å². The molecule has 0 radical (unpaired) electrons. The van der Waals surface area contributed by atoms with Crippen molar-refractivity contribution >= 4 is 11.8 Å². The highest BCUT2D eigenvalue weighted by molar-refractivity contribution is 5.91. The quantitative estimate of drug-likeness (QED) is 0.621. The molecule has 2 rings (SSSR count). The summed E-state index contributed by atoms with van der Waals surface area (Å²) in [7, 11) is 0. The average molecular weight is 235 g/mol. The van der Waals surface area contributed by atoms with Crippen LogP contribution >= 0.6 is 0 Å². The molecule has 5 nitrogen and oxygen atoms in total. The number of hydrogen-bond donors (Lipinski definition) is 2. The number of aliphatic imine (C=N–C) groups is 1. The molecular weight excluding hydrogens is 214 g/mol. The summed E-state index contributed by atoms with van der Waals surface area (Å²) in [6.45, 7) is 2.91. The van der Waals surface area contributed by atoms with Gasteiger partial charge in [0, 0.05) is 18.8 Å². The number of guanidine groups is 1. The number of aromatic nitrogens is 2. The van der Waals surface area contributed by atoms with Gasteiger partial charge in [-0.2, -0.15) is 5.10 Å². The van der Waals surface area contributed by atoms with Crippen LogP contribution in [0.3, 0.4) is 0 Å². The maximum Gasteiger partial charge on any atom is 0.194 e. The zero-order valence-electron chi connectivity index (χ0n) is 10.4. The van der Waals surface area contributed by atoms with Crippen molar-refractivity contribution in [3.8, 4) is 0 Å². The minimum Gasteiger partial charge on any atom is -0.370 e. The van der Waals surface area contributed by atoms with Crippen LogP contribution in [0.2, 0.25) is 0 Å². The molecule has 0 amide bonds. The molecule has 0 atom stereocenters. The third kappa shape index (κ3) is 3.47. The van der Waals surface area contributed by atoms with Gasteiger partial charge in [0.25, 0.3) is 0 Å². The fraction of sp³-hybridized carbons (Fsp3) is 0.667. The fourth-order valence-corrected chi connectivity index (χ4v) is 2.17. The van der Waals surface area contributed by atoms with E-state index in [1.807, 2.05) is 16.9 Å². The van der Waals surface area contributed by atoms with Gasteiger partial charge in [0.05, 0.1) is 6.04 Å². The Balaban J connectivity index is 1.90. The molecule has 0 saturated heterocycles. The van der Waals surface area contributed by atoms with Crippen molar-refractivity contribution in [3.05, 3.63) is 12.3 Å². The molecule has 0 aromatic carbocycles. The third-order valence-electron chi connectivity index (χ3n) is 3.12. The van der Waals surface area contributed by atoms with E-state index in [1.165, 1.54) is 19.3 Å². The van der Waals surface area contributed by atoms with Gasteiger partial charge in [-0.1, -0.05) is 19.3 Å². The van der Waals surface area contributed by atoms with Crippen molar-refractivity contribution in [1.82, 2.24) is 9.78 Å². The Hall–Kier alpha value is -1.52. The van der Waals surface area contributed by atoms with Gasteiger partial charge in [-0.05, 0) is 19.8 Å². The number of nitrogens with one attached hydrogen (secondary N) is 1. The molecule has 0 bridgehead atoms. The highest BCUT2D eigenvalue weighted by atomic mass is 15.3. The van der Waals surface area contributed by atoms with Crippen molar-refractivity contribution < 1.29 is 0 Å². The summed E-state index contributed by atoms with van der Waals surface area (Å²) in [6, 6.07) is 2.30. The number of nitrogens with zero attached hydrogens (tertiary/aromatic N) is 3. The lowest BCUT2D eigenvalue weighted by atomic mass is 9.96. The molecule has 1 saturated carbocycles. The normalized spacial score (nSPS) is 18.3. The number of anilines is 1. The maximum absolute atomic E-state index is 5.88. The van der Waals surface area contributed by atoms with Crippen LogP contribution in [0.1, 0.15) is 39.0 Å². The van der Waals surface area contributed by atoms with Gasteiger partial charge in [-0.3, -0.25) is 4.68 Å². The Kier molecular flexibility index (Phi) is 4.01. The third-order valence-corrected chi connectivity index (χ3v) is 3.12. The number of hydrogen-bond acceptors (Lipinski definition) is 2. The smallest absolute Gasteiger partial charge is 0.194 e. The first-order chi connectivity index (χ1) is 8.28. The Labute approximate surface area is 102 Å². The molecule has 94 valence electrons. The SMILES string of the molecule is CCn1ccc(NC(N)=NC2CCCCC2)n1. The average Bonchev–Trinajstić information content (AvgIpc) is 2.78. The fourth-order valence-electron chi connectivity index (χ4n) is 2.17. The van der Waals surface area contributed by atoms with Crippen molar-refractivity contribution in [3.63, 3.8) is 0 Å². The van der Waals surface area contributed by atoms with Crippen molar-refractivity contribution in [1.29, 1.82) is 0 Å². The van der Waals surface area contributed by atoms with Crippen molar-refractivity contribution in [2.75, 3.05) is 5.32 Å². The largest absolute Gasteiger partial charge is 0.370 e. The second-order valence-electron chi connectivity index (χ2n) is 4.49. The first-order valence-electron chi connectivity index (χ1n) is 6.41. The molecule has 1 fully saturated rings. The molecule has 1 aromatic rings. The minimum atomic E-state index is 0.393. The molecule has 0 unspecified atom stereocenters. The standard InChI is InChI=1S/C12H21N5/c1-2-17-9-8-11(16-17)15-12(13)14-10-6-4-3-5-7-10/h8-10H,2-7H2,1H3,(H3,13,14,15,16). The summed E-state index contributed by atoms with van der Waals surface area (Å²) in [5, 5.41) is 7.35. The van der Waals surface area contributed by atoms with Crippen LogP contribution in [0.4, 0.5) is 5.82 Å². The van der Waals surface area contributed by atoms with E-state index in [9.17, 15) is 0 Å². The van der Waals surface area contributed by atoms with E-state index in [1.54, 1.807) is 0 Å². The predicted octanol–water partition coefficient (Wildman–Crippen LogP) is 1.96. The monoisotopic (exact) mass is 235 g/mol. The van der Waals surface area contributed by atoms with E-state index in [0.29, 0.717) is 12.0 Å². The highest BCUT2D eigenvalue weighted by Gasteiger charge is 2.12. The van der Waals surface area contributed by atoms with E-state index in [0.717, 1.165) is 25.2 Å². The van der Waals surface area contributed by atoms with E-state index < -0.39 is 0 Å². The minimum absolute atomic E-state index is 0.393. The molecule has 1 aliphatic rings. The number of rotatable bonds is 3. The predicted molar refractivity (Wildman–Crippen MR) is 70.0 cm³/mol. The lowest BCUT2D eigenvalue weighted by Crippen LogP contribution is -2.26. The van der Waals surface area contributed by atoms with E-state index in [2.05, 4.69) is 22.3 Å². The molecule has 1 aliphatic carbocycles. The van der Waals surface area contributed by atoms with Crippen molar-refractivity contribution in [2.24, 2.45) is 10.7 Å². The second-order valence-corrected chi connectivity index (χ2v) is 4.49. The van der Waals surface area contributed by atoms with Gasteiger partial charge in [-0.25, -0.2) is 4.99 Å². The molecule has 17 heavy (non-hydrogen) atoms. The summed E-state index contributed by atoms with van der Waals surface area (Å²) in [5.41, 5.74) is 5.88. The lowest BCUT2D eigenvalue weighted by molar-refractivity contribution is 0.443. The Morgan fingerprint density at radius 3 is 2.94 bits per heavy atom. The molecule has 1 heterocycles. The van der Waals surface area contributed by atoms with Gasteiger partial charge >= 0.3 is 0 Å². The zero-order chi connectivity index (χ0) is 12.1. The summed E-state index contributed by atoms with van der Waals surface area (Å²) >= 11 is 0. The van der Waals surface area contributed by atoms with Gasteiger partial charge < -0.3 is 11.1 Å². The number of aryl methyl sites for hydroxylation is 1. The van der Waals surface area contributed by atoms with Crippen LogP contribution in [0.5, 0.6) is 0 Å². The lowest BCUT2D eigenvalue weighted by Gasteiger charge is -2.18. The Morgan fingerprint density at radius 2 is 2.29 bits per heavy atom. The summed E-state index contributed by atoms with van der Waals surface area (Å²) in [6.07, 6.45) is 8.12. The van der Waals surface area contributed by atoms with Crippen molar-refractivity contribution in [2.45, 2.75) is 51.6 Å². The molecule has 1 aromatic heterocycles. The van der Waals surface area contributed by atoms with Crippen LogP contribution in [-0.2, 0) is 6.54 Å². The maximum atomic E-state index is 5.88. The van der Waals surface area contributed by atoms with Crippen LogP contribution in [0.15, 0.2) is 17.3 Å². The van der Waals surface area contributed by atoms with E-state index >= 15 is 0 Å². The summed E-state index contributed by atoms with van der Waals surface area (Å²) < 4.78 is 1.86. The molecule has 3 N–H and O–H groups in total. The second kappa shape index (κ2) is 5.70. The molecule has 0 spiro atoms. The Morgan fingerprint density at radius 1 is 1.53 bits per heavy atom. The van der Waals surface area contributed by atoms with Crippen LogP contribution < -0.4 is 11.1 Å². The topological polar surface area (TPSA) is 68.2 Å². The van der Waals surface area contributed by atoms with Crippen LogP contribution in [-0.4, -0.2) is 21.8 Å². The first-order valence-corrected chi connectivity index (χ1v) is 6.41. The van der Waals surface area contributed by atoms with Gasteiger partial charge in [0.15, 0.2) is 11.8 Å². The van der Waals surface area contributed by atoms with E-state index in [4.69, 9.17) is 5.73 Å². The summed E-state index contributed by atoms with van der Waals surface area (Å²) in [5.74, 6) is 1.25. The summed E-state index contributed by atoms with van der Waals surface area (Å²) in [4.78, 5) is 4.50. The van der Waals surface area contributed by atoms with Gasteiger partial charge in [0.1, 0.15) is 0 Å². The highest BCUT2D eigenvalue weighted by Crippen LogP contribution is 2.20. The van der Waals surface area contributed by atoms with E-state index in [-0.39, 0.29) is 0 Å². The number of nitrogens with two attached hydrogens (primary N) is 1. The molecule has 0 aliphatic heterocycles. The van der Waals surface area contributed by atoms with Crippen LogP contribution in [0, 0.1) is 0 Å². The molecular formula is C12H21N5. The zero-order valence-corrected chi connectivity index (χ0v) is 10.4. The first kappa shape index (κ1) is 12.0. The van der Waals surface area contributed by atoms with Gasteiger partial charge in [-0.15, -0.1) is 0 Å². The van der Waals surface area contributed by atoms with Gasteiger partial charge in [0.2, 0.25) is 0 Å².